The minimum absolute atomic E-state index is 0.0916. The predicted octanol–water partition coefficient (Wildman–Crippen LogP) is 2.55. The van der Waals surface area contributed by atoms with E-state index < -0.39 is 10.0 Å². The monoisotopic (exact) mass is 360 g/mol. The average Bonchev–Trinajstić information content (AvgIpc) is 2.93. The van der Waals surface area contributed by atoms with E-state index in [1.807, 2.05) is 25.1 Å². The highest BCUT2D eigenvalue weighted by Gasteiger charge is 2.28. The van der Waals surface area contributed by atoms with Gasteiger partial charge in [0, 0.05) is 12.2 Å². The first-order valence-corrected chi connectivity index (χ1v) is 9.65. The van der Waals surface area contributed by atoms with Gasteiger partial charge in [0.25, 0.3) is 5.91 Å². The second-order valence-corrected chi connectivity index (χ2v) is 7.95. The Morgan fingerprint density at radius 3 is 2.60 bits per heavy atom. The van der Waals surface area contributed by atoms with E-state index in [4.69, 9.17) is 4.74 Å². The van der Waals surface area contributed by atoms with Crippen molar-refractivity contribution >= 4 is 27.3 Å². The van der Waals surface area contributed by atoms with Gasteiger partial charge in [-0.05, 0) is 55.3 Å². The fourth-order valence-corrected chi connectivity index (χ4v) is 4.26. The number of carbonyl (C=O) groups excluding carboxylic acids is 1. The number of sulfonamides is 1. The second-order valence-electron chi connectivity index (χ2n) is 5.94. The summed E-state index contributed by atoms with van der Waals surface area (Å²) in [4.78, 5) is 12.0. The Morgan fingerprint density at radius 1 is 1.20 bits per heavy atom. The van der Waals surface area contributed by atoms with Gasteiger partial charge >= 0.3 is 0 Å². The first-order chi connectivity index (χ1) is 11.9. The Balaban J connectivity index is 1.57. The molecule has 2 aromatic rings. The summed E-state index contributed by atoms with van der Waals surface area (Å²) < 4.78 is 30.7. The highest BCUT2D eigenvalue weighted by molar-refractivity contribution is 7.93. The van der Waals surface area contributed by atoms with E-state index in [9.17, 15) is 13.2 Å². The number of carbonyl (C=O) groups is 1. The van der Waals surface area contributed by atoms with Gasteiger partial charge in [0.2, 0.25) is 10.0 Å². The third-order valence-corrected chi connectivity index (χ3v) is 5.77. The molecule has 0 aliphatic carbocycles. The normalized spacial score (nSPS) is 15.8. The lowest BCUT2D eigenvalue weighted by Crippen LogP contribution is -2.25. The molecule has 7 heteroatoms. The number of nitrogens with one attached hydrogen (secondary N) is 1. The van der Waals surface area contributed by atoms with Gasteiger partial charge in [0.1, 0.15) is 5.75 Å². The topological polar surface area (TPSA) is 75.7 Å². The summed E-state index contributed by atoms with van der Waals surface area (Å²) in [5.74, 6) is 0.551. The summed E-state index contributed by atoms with van der Waals surface area (Å²) in [5, 5.41) is 2.73. The first kappa shape index (κ1) is 17.3. The molecule has 1 N–H and O–H groups in total. The molecule has 0 atom stereocenters. The Bertz CT molecular complexity index is 863. The van der Waals surface area contributed by atoms with E-state index in [0.29, 0.717) is 30.1 Å². The Hall–Kier alpha value is -2.54. The predicted molar refractivity (Wildman–Crippen MR) is 97.5 cm³/mol. The van der Waals surface area contributed by atoms with Crippen molar-refractivity contribution < 1.29 is 17.9 Å². The molecule has 0 bridgehead atoms. The highest BCUT2D eigenvalue weighted by atomic mass is 32.2. The Morgan fingerprint density at radius 2 is 1.96 bits per heavy atom. The van der Waals surface area contributed by atoms with Gasteiger partial charge in [-0.2, -0.15) is 0 Å². The van der Waals surface area contributed by atoms with E-state index in [2.05, 4.69) is 5.32 Å². The molecule has 0 aromatic heterocycles. The van der Waals surface area contributed by atoms with Gasteiger partial charge in [-0.3, -0.25) is 9.10 Å². The maximum absolute atomic E-state index is 12.0. The number of hydrogen-bond acceptors (Lipinski definition) is 4. The summed E-state index contributed by atoms with van der Waals surface area (Å²) in [6.07, 6.45) is 0.636. The third-order valence-electron chi connectivity index (χ3n) is 3.90. The smallest absolute Gasteiger partial charge is 0.262 e. The fraction of sp³-hybridized carbons (Fsp3) is 0.278. The molecule has 132 valence electrons. The van der Waals surface area contributed by atoms with Gasteiger partial charge in [-0.15, -0.1) is 0 Å². The van der Waals surface area contributed by atoms with Crippen molar-refractivity contribution in [2.45, 2.75) is 13.3 Å². The molecule has 6 nitrogen and oxygen atoms in total. The van der Waals surface area contributed by atoms with Crippen LogP contribution in [0.1, 0.15) is 12.0 Å². The molecule has 1 aliphatic rings. The average molecular weight is 360 g/mol. The Kier molecular flexibility index (Phi) is 4.94. The quantitative estimate of drug-likeness (QED) is 0.889. The molecule has 1 amide bonds. The van der Waals surface area contributed by atoms with E-state index in [1.165, 1.54) is 4.31 Å². The molecular formula is C18H20N2O4S. The van der Waals surface area contributed by atoms with Crippen LogP contribution in [0.15, 0.2) is 48.5 Å². The lowest BCUT2D eigenvalue weighted by molar-refractivity contribution is -0.118. The number of hydrogen-bond donors (Lipinski definition) is 1. The number of aryl methyl sites for hydroxylation is 1. The van der Waals surface area contributed by atoms with Crippen molar-refractivity contribution in [1.29, 1.82) is 0 Å². The van der Waals surface area contributed by atoms with Crippen LogP contribution in [0.3, 0.4) is 0 Å². The maximum atomic E-state index is 12.0. The van der Waals surface area contributed by atoms with Crippen molar-refractivity contribution in [2.75, 3.05) is 28.5 Å². The van der Waals surface area contributed by atoms with Gasteiger partial charge in [0.15, 0.2) is 6.61 Å². The molecule has 3 rings (SSSR count). The van der Waals surface area contributed by atoms with E-state index in [0.717, 1.165) is 5.56 Å². The van der Waals surface area contributed by atoms with Crippen molar-refractivity contribution in [3.63, 3.8) is 0 Å². The molecular weight excluding hydrogens is 340 g/mol. The fourth-order valence-electron chi connectivity index (χ4n) is 2.69. The van der Waals surface area contributed by atoms with Gasteiger partial charge in [-0.25, -0.2) is 8.42 Å². The van der Waals surface area contributed by atoms with Crippen molar-refractivity contribution in [3.05, 3.63) is 54.1 Å². The standard InChI is InChI=1S/C18H20N2O4S/c1-14-4-2-5-17(12-14)24-13-18(21)19-15-6-8-16(9-7-15)20-10-3-11-25(20,22)23/h2,4-9,12H,3,10-11,13H2,1H3,(H,19,21). The lowest BCUT2D eigenvalue weighted by atomic mass is 10.2. The number of rotatable bonds is 5. The molecule has 25 heavy (non-hydrogen) atoms. The van der Waals surface area contributed by atoms with Crippen molar-refractivity contribution in [2.24, 2.45) is 0 Å². The van der Waals surface area contributed by atoms with Crippen LogP contribution in [0.5, 0.6) is 5.75 Å². The molecule has 0 saturated carbocycles. The van der Waals surface area contributed by atoms with Crippen LogP contribution >= 0.6 is 0 Å². The molecule has 0 radical (unpaired) electrons. The molecule has 1 heterocycles. The van der Waals surface area contributed by atoms with E-state index >= 15 is 0 Å². The van der Waals surface area contributed by atoms with Crippen LogP contribution in [0.4, 0.5) is 11.4 Å². The maximum Gasteiger partial charge on any atom is 0.262 e. The van der Waals surface area contributed by atoms with Crippen LogP contribution in [0, 0.1) is 6.92 Å². The van der Waals surface area contributed by atoms with Crippen molar-refractivity contribution in [1.82, 2.24) is 0 Å². The van der Waals surface area contributed by atoms with Crippen LogP contribution in [0.25, 0.3) is 0 Å². The summed E-state index contributed by atoms with van der Waals surface area (Å²) >= 11 is 0. The molecule has 0 spiro atoms. The lowest BCUT2D eigenvalue weighted by Gasteiger charge is -2.17. The minimum Gasteiger partial charge on any atom is -0.484 e. The number of anilines is 2. The zero-order valence-corrected chi connectivity index (χ0v) is 14.8. The van der Waals surface area contributed by atoms with Gasteiger partial charge < -0.3 is 10.1 Å². The van der Waals surface area contributed by atoms with Gasteiger partial charge in [-0.1, -0.05) is 12.1 Å². The van der Waals surface area contributed by atoms with Crippen LogP contribution in [-0.2, 0) is 14.8 Å². The van der Waals surface area contributed by atoms with E-state index in [1.54, 1.807) is 30.3 Å². The SMILES string of the molecule is Cc1cccc(OCC(=O)Nc2ccc(N3CCCS3(=O)=O)cc2)c1. The van der Waals surface area contributed by atoms with Crippen LogP contribution in [-0.4, -0.2) is 33.2 Å². The highest BCUT2D eigenvalue weighted by Crippen LogP contribution is 2.25. The van der Waals surface area contributed by atoms with Gasteiger partial charge in [0.05, 0.1) is 11.4 Å². The number of ether oxygens (including phenoxy) is 1. The van der Waals surface area contributed by atoms with Crippen LogP contribution < -0.4 is 14.4 Å². The molecule has 1 saturated heterocycles. The van der Waals surface area contributed by atoms with E-state index in [-0.39, 0.29) is 18.3 Å². The summed E-state index contributed by atoms with van der Waals surface area (Å²) in [5.41, 5.74) is 2.27. The third kappa shape index (κ3) is 4.30. The first-order valence-electron chi connectivity index (χ1n) is 8.04. The number of benzene rings is 2. The minimum atomic E-state index is -3.19. The zero-order valence-electron chi connectivity index (χ0n) is 13.9. The molecule has 2 aromatic carbocycles. The Labute approximate surface area is 147 Å². The number of amides is 1. The molecule has 0 unspecified atom stereocenters. The number of nitrogens with zero attached hydrogens (tertiary/aromatic N) is 1. The zero-order chi connectivity index (χ0) is 17.9. The molecule has 1 fully saturated rings. The summed E-state index contributed by atoms with van der Waals surface area (Å²) in [6, 6.07) is 14.2. The van der Waals surface area contributed by atoms with Crippen molar-refractivity contribution in [3.8, 4) is 5.75 Å². The summed E-state index contributed by atoms with van der Waals surface area (Å²) in [6.45, 7) is 2.36. The second kappa shape index (κ2) is 7.14. The molecule has 1 aliphatic heterocycles. The summed E-state index contributed by atoms with van der Waals surface area (Å²) in [7, 11) is -3.19. The van der Waals surface area contributed by atoms with Crippen LogP contribution in [0.2, 0.25) is 0 Å². The largest absolute Gasteiger partial charge is 0.484 e.